The second kappa shape index (κ2) is 7.58. The molecule has 1 aliphatic carbocycles. The number of ether oxygens (including phenoxy) is 1. The molecule has 3 heteroatoms. The van der Waals surface area contributed by atoms with E-state index in [1.165, 1.54) is 36.0 Å². The van der Waals surface area contributed by atoms with Gasteiger partial charge in [0, 0.05) is 18.6 Å². The summed E-state index contributed by atoms with van der Waals surface area (Å²) in [7, 11) is 0. The first-order valence-electron chi connectivity index (χ1n) is 8.84. The van der Waals surface area contributed by atoms with Crippen LogP contribution >= 0.6 is 0 Å². The number of rotatable bonds is 5. The molecule has 0 bridgehead atoms. The van der Waals surface area contributed by atoms with Crippen molar-refractivity contribution < 1.29 is 4.74 Å². The smallest absolute Gasteiger partial charge is 0.0623 e. The molecular weight excluding hydrogens is 272 g/mol. The lowest BCUT2D eigenvalue weighted by Gasteiger charge is -2.33. The van der Waals surface area contributed by atoms with Gasteiger partial charge in [-0.2, -0.15) is 0 Å². The molecule has 1 saturated carbocycles. The molecule has 22 heavy (non-hydrogen) atoms. The van der Waals surface area contributed by atoms with Crippen molar-refractivity contribution in [1.29, 1.82) is 0 Å². The van der Waals surface area contributed by atoms with Crippen LogP contribution < -0.4 is 10.6 Å². The Morgan fingerprint density at radius 3 is 2.73 bits per heavy atom. The molecule has 3 unspecified atom stereocenters. The third-order valence-corrected chi connectivity index (χ3v) is 5.14. The minimum atomic E-state index is 0.551. The number of nitrogens with one attached hydrogen (secondary N) is 2. The molecule has 0 amide bonds. The standard InChI is InChI=1S/C19H30N2O/c1-14-10-15(2)12-16(11-14)6-7-20-18-5-3-4-17(18)19-13-22-9-8-21-19/h10-12,17-21H,3-9,13H2,1-2H3. The summed E-state index contributed by atoms with van der Waals surface area (Å²) in [4.78, 5) is 0. The van der Waals surface area contributed by atoms with Gasteiger partial charge < -0.3 is 15.4 Å². The number of hydrogen-bond acceptors (Lipinski definition) is 3. The molecule has 2 aliphatic rings. The van der Waals surface area contributed by atoms with Crippen LogP contribution in [0.3, 0.4) is 0 Å². The van der Waals surface area contributed by atoms with E-state index in [1.54, 1.807) is 0 Å². The fraction of sp³-hybridized carbons (Fsp3) is 0.684. The third-order valence-electron chi connectivity index (χ3n) is 5.14. The second-order valence-corrected chi connectivity index (χ2v) is 7.04. The lowest BCUT2D eigenvalue weighted by Crippen LogP contribution is -2.51. The molecule has 1 aromatic rings. The average molecular weight is 302 g/mol. The molecule has 122 valence electrons. The molecule has 2 N–H and O–H groups in total. The Balaban J connectivity index is 1.49. The fourth-order valence-corrected chi connectivity index (χ4v) is 4.20. The van der Waals surface area contributed by atoms with Crippen molar-refractivity contribution in [2.45, 2.75) is 51.6 Å². The van der Waals surface area contributed by atoms with E-state index in [0.717, 1.165) is 38.6 Å². The summed E-state index contributed by atoms with van der Waals surface area (Å²) in [5.74, 6) is 0.736. The molecule has 3 atom stereocenters. The Morgan fingerprint density at radius 1 is 1.18 bits per heavy atom. The maximum Gasteiger partial charge on any atom is 0.0623 e. The van der Waals surface area contributed by atoms with Gasteiger partial charge in [-0.25, -0.2) is 0 Å². The van der Waals surface area contributed by atoms with Crippen LogP contribution in [0.4, 0.5) is 0 Å². The van der Waals surface area contributed by atoms with E-state index >= 15 is 0 Å². The van der Waals surface area contributed by atoms with Crippen molar-refractivity contribution in [2.75, 3.05) is 26.3 Å². The van der Waals surface area contributed by atoms with E-state index < -0.39 is 0 Å². The highest BCUT2D eigenvalue weighted by Crippen LogP contribution is 2.29. The lowest BCUT2D eigenvalue weighted by atomic mass is 9.94. The molecule has 2 fully saturated rings. The molecule has 0 radical (unpaired) electrons. The summed E-state index contributed by atoms with van der Waals surface area (Å²) >= 11 is 0. The van der Waals surface area contributed by atoms with Crippen molar-refractivity contribution in [2.24, 2.45) is 5.92 Å². The predicted octanol–water partition coefficient (Wildman–Crippen LogP) is 2.59. The summed E-state index contributed by atoms with van der Waals surface area (Å²) in [5, 5.41) is 7.47. The normalized spacial score (nSPS) is 28.9. The van der Waals surface area contributed by atoms with Crippen molar-refractivity contribution in [3.05, 3.63) is 34.9 Å². The summed E-state index contributed by atoms with van der Waals surface area (Å²) in [6, 6.07) is 8.09. The Bertz CT molecular complexity index is 462. The summed E-state index contributed by atoms with van der Waals surface area (Å²) in [5.41, 5.74) is 4.20. The first kappa shape index (κ1) is 16.0. The molecule has 1 aromatic carbocycles. The summed E-state index contributed by atoms with van der Waals surface area (Å²) in [6.45, 7) is 8.22. The van der Waals surface area contributed by atoms with Crippen molar-refractivity contribution >= 4 is 0 Å². The minimum absolute atomic E-state index is 0.551. The van der Waals surface area contributed by atoms with E-state index in [1.807, 2.05) is 0 Å². The second-order valence-electron chi connectivity index (χ2n) is 7.04. The maximum absolute atomic E-state index is 5.65. The first-order valence-corrected chi connectivity index (χ1v) is 8.84. The van der Waals surface area contributed by atoms with Gasteiger partial charge in [-0.3, -0.25) is 0 Å². The highest BCUT2D eigenvalue weighted by Gasteiger charge is 2.34. The molecule has 1 saturated heterocycles. The third kappa shape index (κ3) is 4.09. The van der Waals surface area contributed by atoms with Gasteiger partial charge in [0.2, 0.25) is 0 Å². The van der Waals surface area contributed by atoms with Gasteiger partial charge in [-0.1, -0.05) is 35.7 Å². The van der Waals surface area contributed by atoms with Gasteiger partial charge in [0.25, 0.3) is 0 Å². The number of morpholine rings is 1. The Labute approximate surface area is 134 Å². The molecule has 3 rings (SSSR count). The molecule has 0 spiro atoms. The van der Waals surface area contributed by atoms with E-state index in [2.05, 4.69) is 42.7 Å². The Morgan fingerprint density at radius 2 is 2.00 bits per heavy atom. The molecule has 1 heterocycles. The topological polar surface area (TPSA) is 33.3 Å². The minimum Gasteiger partial charge on any atom is -0.379 e. The molecule has 0 aromatic heterocycles. The average Bonchev–Trinajstić information content (AvgIpc) is 2.96. The lowest BCUT2D eigenvalue weighted by molar-refractivity contribution is 0.0526. The van der Waals surface area contributed by atoms with E-state index in [4.69, 9.17) is 4.74 Å². The first-order chi connectivity index (χ1) is 10.7. The van der Waals surface area contributed by atoms with Crippen LogP contribution in [0.5, 0.6) is 0 Å². The van der Waals surface area contributed by atoms with Crippen molar-refractivity contribution in [3.8, 4) is 0 Å². The van der Waals surface area contributed by atoms with Gasteiger partial charge in [0.1, 0.15) is 0 Å². The zero-order valence-electron chi connectivity index (χ0n) is 14.0. The van der Waals surface area contributed by atoms with Gasteiger partial charge in [0.15, 0.2) is 0 Å². The van der Waals surface area contributed by atoms with E-state index in [0.29, 0.717) is 12.1 Å². The van der Waals surface area contributed by atoms with Crippen molar-refractivity contribution in [1.82, 2.24) is 10.6 Å². The molecule has 3 nitrogen and oxygen atoms in total. The van der Waals surface area contributed by atoms with Crippen LogP contribution in [0.25, 0.3) is 0 Å². The van der Waals surface area contributed by atoms with Crippen LogP contribution in [0.1, 0.15) is 36.0 Å². The number of hydrogen-bond donors (Lipinski definition) is 2. The zero-order valence-corrected chi connectivity index (χ0v) is 14.0. The van der Waals surface area contributed by atoms with Crippen LogP contribution in [0.15, 0.2) is 18.2 Å². The van der Waals surface area contributed by atoms with E-state index in [9.17, 15) is 0 Å². The Hall–Kier alpha value is -0.900. The van der Waals surface area contributed by atoms with Gasteiger partial charge >= 0.3 is 0 Å². The van der Waals surface area contributed by atoms with E-state index in [-0.39, 0.29) is 0 Å². The van der Waals surface area contributed by atoms with Gasteiger partial charge in [-0.05, 0) is 51.1 Å². The monoisotopic (exact) mass is 302 g/mol. The Kier molecular flexibility index (Phi) is 5.51. The van der Waals surface area contributed by atoms with Crippen molar-refractivity contribution in [3.63, 3.8) is 0 Å². The summed E-state index contributed by atoms with van der Waals surface area (Å²) < 4.78 is 5.65. The largest absolute Gasteiger partial charge is 0.379 e. The SMILES string of the molecule is Cc1cc(C)cc(CCNC2CCCC2C2COCCN2)c1. The van der Waals surface area contributed by atoms with Crippen LogP contribution in [-0.2, 0) is 11.2 Å². The molecular formula is C19H30N2O. The molecule has 1 aliphatic heterocycles. The predicted molar refractivity (Wildman–Crippen MR) is 91.4 cm³/mol. The number of benzene rings is 1. The van der Waals surface area contributed by atoms with Crippen LogP contribution in [0.2, 0.25) is 0 Å². The summed E-state index contributed by atoms with van der Waals surface area (Å²) in [6.07, 6.45) is 5.13. The van der Waals surface area contributed by atoms with Gasteiger partial charge in [-0.15, -0.1) is 0 Å². The number of aryl methyl sites for hydroxylation is 2. The highest BCUT2D eigenvalue weighted by molar-refractivity contribution is 5.28. The quantitative estimate of drug-likeness (QED) is 0.877. The zero-order chi connectivity index (χ0) is 15.4. The maximum atomic E-state index is 5.65. The van der Waals surface area contributed by atoms with Crippen LogP contribution in [0, 0.1) is 19.8 Å². The highest BCUT2D eigenvalue weighted by atomic mass is 16.5. The van der Waals surface area contributed by atoms with Crippen LogP contribution in [-0.4, -0.2) is 38.4 Å². The fourth-order valence-electron chi connectivity index (χ4n) is 4.20. The van der Waals surface area contributed by atoms with Gasteiger partial charge in [0.05, 0.1) is 13.2 Å².